The zero-order chi connectivity index (χ0) is 14.9. The molecule has 0 atom stereocenters. The number of carboxylic acids is 1. The second-order valence-electron chi connectivity index (χ2n) is 5.14. The van der Waals surface area contributed by atoms with E-state index >= 15 is 0 Å². The van der Waals surface area contributed by atoms with Crippen molar-refractivity contribution in [3.8, 4) is 0 Å². The number of benzene rings is 1. The van der Waals surface area contributed by atoms with Gasteiger partial charge in [-0.2, -0.15) is 0 Å². The number of aliphatic carboxylic acids is 1. The minimum atomic E-state index is -0.884. The predicted molar refractivity (Wildman–Crippen MR) is 82.4 cm³/mol. The smallest absolute Gasteiger partial charge is 0.327 e. The normalized spacial score (nSPS) is 10.7. The SMILES string of the molecule is C=C(CCl)c1ccccc1.CC(C)(C)C=CC(=O)O. The quantitative estimate of drug-likeness (QED) is 0.648. The van der Waals surface area contributed by atoms with E-state index in [1.165, 1.54) is 6.08 Å². The van der Waals surface area contributed by atoms with E-state index in [1.807, 2.05) is 51.1 Å². The molecule has 1 aromatic carbocycles. The highest BCUT2D eigenvalue weighted by Crippen LogP contribution is 2.13. The Bertz CT molecular complexity index is 428. The van der Waals surface area contributed by atoms with Gasteiger partial charge in [-0.25, -0.2) is 4.79 Å². The highest BCUT2D eigenvalue weighted by atomic mass is 35.5. The van der Waals surface area contributed by atoms with Gasteiger partial charge < -0.3 is 5.11 Å². The number of allylic oxidation sites excluding steroid dienone is 2. The number of rotatable bonds is 3. The summed E-state index contributed by atoms with van der Waals surface area (Å²) >= 11 is 5.59. The molecule has 0 amide bonds. The van der Waals surface area contributed by atoms with Gasteiger partial charge in [-0.15, -0.1) is 11.6 Å². The highest BCUT2D eigenvalue weighted by Gasteiger charge is 2.03. The molecule has 0 saturated carbocycles. The van der Waals surface area contributed by atoms with Crippen LogP contribution in [0.25, 0.3) is 5.57 Å². The Hall–Kier alpha value is -1.54. The zero-order valence-electron chi connectivity index (χ0n) is 11.7. The van der Waals surface area contributed by atoms with Crippen molar-refractivity contribution < 1.29 is 9.90 Å². The first kappa shape index (κ1) is 17.5. The first-order valence-corrected chi connectivity index (χ1v) is 6.51. The molecule has 0 heterocycles. The first-order valence-electron chi connectivity index (χ1n) is 5.97. The molecule has 104 valence electrons. The average Bonchev–Trinajstić information content (AvgIpc) is 2.36. The minimum absolute atomic E-state index is 0.0294. The molecule has 1 rings (SSSR count). The van der Waals surface area contributed by atoms with Crippen LogP contribution in [0.5, 0.6) is 0 Å². The van der Waals surface area contributed by atoms with Crippen molar-refractivity contribution in [1.29, 1.82) is 0 Å². The Morgan fingerprint density at radius 3 is 2.16 bits per heavy atom. The molecule has 0 aliphatic carbocycles. The Kier molecular flexibility index (Phi) is 7.85. The minimum Gasteiger partial charge on any atom is -0.478 e. The van der Waals surface area contributed by atoms with E-state index in [-0.39, 0.29) is 5.41 Å². The molecule has 3 heteroatoms. The van der Waals surface area contributed by atoms with Crippen LogP contribution < -0.4 is 0 Å². The van der Waals surface area contributed by atoms with Crippen molar-refractivity contribution in [2.45, 2.75) is 20.8 Å². The van der Waals surface area contributed by atoms with Crippen molar-refractivity contribution in [3.63, 3.8) is 0 Å². The van der Waals surface area contributed by atoms with Gasteiger partial charge >= 0.3 is 5.97 Å². The monoisotopic (exact) mass is 280 g/mol. The summed E-state index contributed by atoms with van der Waals surface area (Å²) in [6.07, 6.45) is 2.83. The average molecular weight is 281 g/mol. The van der Waals surface area contributed by atoms with Crippen molar-refractivity contribution >= 4 is 23.1 Å². The molecule has 0 unspecified atom stereocenters. The molecule has 2 nitrogen and oxygen atoms in total. The second-order valence-corrected chi connectivity index (χ2v) is 5.41. The summed E-state index contributed by atoms with van der Waals surface area (Å²) < 4.78 is 0. The number of carbonyl (C=O) groups is 1. The van der Waals surface area contributed by atoms with Crippen molar-refractivity contribution in [3.05, 3.63) is 54.6 Å². The molecular weight excluding hydrogens is 260 g/mol. The van der Waals surface area contributed by atoms with E-state index in [4.69, 9.17) is 16.7 Å². The van der Waals surface area contributed by atoms with E-state index in [2.05, 4.69) is 6.58 Å². The summed E-state index contributed by atoms with van der Waals surface area (Å²) in [4.78, 5) is 9.96. The van der Waals surface area contributed by atoms with Crippen molar-refractivity contribution in [2.24, 2.45) is 5.41 Å². The molecule has 0 saturated heterocycles. The van der Waals surface area contributed by atoms with Gasteiger partial charge in [0.25, 0.3) is 0 Å². The van der Waals surface area contributed by atoms with Crippen LogP contribution in [-0.2, 0) is 4.79 Å². The molecule has 0 spiro atoms. The Labute approximate surface area is 120 Å². The van der Waals surface area contributed by atoms with Gasteiger partial charge in [-0.1, -0.05) is 63.8 Å². The van der Waals surface area contributed by atoms with Gasteiger partial charge in [0.05, 0.1) is 0 Å². The van der Waals surface area contributed by atoms with Crippen LogP contribution in [-0.4, -0.2) is 17.0 Å². The fraction of sp³-hybridized carbons (Fsp3) is 0.312. The first-order chi connectivity index (χ1) is 8.76. The number of halogens is 1. The standard InChI is InChI=1S/C9H9Cl.C7H12O2/c1-8(7-10)9-5-3-2-4-6-9;1-7(2,3)5-4-6(8)9/h2-6H,1,7H2;4-5H,1-3H3,(H,8,9). The Morgan fingerprint density at radius 1 is 1.32 bits per heavy atom. The van der Waals surface area contributed by atoms with Gasteiger partial charge in [0.2, 0.25) is 0 Å². The third-order valence-corrected chi connectivity index (χ3v) is 2.39. The summed E-state index contributed by atoms with van der Waals surface area (Å²) in [5.41, 5.74) is 2.07. The lowest BCUT2D eigenvalue weighted by molar-refractivity contribution is -0.131. The summed E-state index contributed by atoms with van der Waals surface area (Å²) in [6.45, 7) is 9.66. The second kappa shape index (κ2) is 8.54. The molecule has 0 aliphatic heterocycles. The predicted octanol–water partition coefficient (Wildman–Crippen LogP) is 4.61. The van der Waals surface area contributed by atoms with Crippen molar-refractivity contribution in [2.75, 3.05) is 5.88 Å². The van der Waals surface area contributed by atoms with Crippen molar-refractivity contribution in [1.82, 2.24) is 0 Å². The number of alkyl halides is 1. The molecule has 19 heavy (non-hydrogen) atoms. The molecular formula is C16H21ClO2. The maximum atomic E-state index is 9.96. The molecule has 1 N–H and O–H groups in total. The van der Waals surface area contributed by atoms with E-state index in [9.17, 15) is 4.79 Å². The van der Waals surface area contributed by atoms with Crippen LogP contribution in [0.3, 0.4) is 0 Å². The van der Waals surface area contributed by atoms with Gasteiger partial charge in [0.15, 0.2) is 0 Å². The van der Waals surface area contributed by atoms with Gasteiger partial charge in [0.1, 0.15) is 0 Å². The molecule has 0 radical (unpaired) electrons. The number of carboxylic acid groups (broad SMARTS) is 1. The summed E-state index contributed by atoms with van der Waals surface area (Å²) in [7, 11) is 0. The summed E-state index contributed by atoms with van der Waals surface area (Å²) in [5, 5.41) is 8.19. The highest BCUT2D eigenvalue weighted by molar-refractivity contribution is 6.23. The van der Waals surface area contributed by atoms with E-state index in [0.717, 1.165) is 11.1 Å². The van der Waals surface area contributed by atoms with Crippen LogP contribution in [0.1, 0.15) is 26.3 Å². The molecule has 0 aromatic heterocycles. The van der Waals surface area contributed by atoms with E-state index in [1.54, 1.807) is 6.08 Å². The molecule has 0 fully saturated rings. The summed E-state index contributed by atoms with van der Waals surface area (Å²) in [5.74, 6) is -0.380. The van der Waals surface area contributed by atoms with Gasteiger partial charge in [-0.3, -0.25) is 0 Å². The third-order valence-electron chi connectivity index (χ3n) is 2.07. The van der Waals surface area contributed by atoms with Crippen LogP contribution in [0, 0.1) is 5.41 Å². The topological polar surface area (TPSA) is 37.3 Å². The van der Waals surface area contributed by atoms with Crippen LogP contribution in [0.2, 0.25) is 0 Å². The lowest BCUT2D eigenvalue weighted by atomic mass is 9.96. The maximum Gasteiger partial charge on any atom is 0.327 e. The molecule has 0 bridgehead atoms. The Morgan fingerprint density at radius 2 is 1.84 bits per heavy atom. The molecule has 0 aliphatic rings. The lowest BCUT2D eigenvalue weighted by Gasteiger charge is -2.09. The third kappa shape index (κ3) is 10.1. The molecule has 1 aromatic rings. The van der Waals surface area contributed by atoms with E-state index in [0.29, 0.717) is 5.88 Å². The Balaban J connectivity index is 0.000000344. The lowest BCUT2D eigenvalue weighted by Crippen LogP contribution is -2.00. The zero-order valence-corrected chi connectivity index (χ0v) is 12.4. The van der Waals surface area contributed by atoms with Crippen LogP contribution in [0.4, 0.5) is 0 Å². The largest absolute Gasteiger partial charge is 0.478 e. The van der Waals surface area contributed by atoms with Crippen LogP contribution in [0.15, 0.2) is 49.1 Å². The number of hydrogen-bond acceptors (Lipinski definition) is 1. The fourth-order valence-corrected chi connectivity index (χ4v) is 1.23. The maximum absolute atomic E-state index is 9.96. The van der Waals surface area contributed by atoms with E-state index < -0.39 is 5.97 Å². The van der Waals surface area contributed by atoms with Gasteiger partial charge in [0, 0.05) is 12.0 Å². The van der Waals surface area contributed by atoms with Gasteiger partial charge in [-0.05, 0) is 16.6 Å². The number of hydrogen-bond donors (Lipinski definition) is 1. The fourth-order valence-electron chi connectivity index (χ4n) is 1.07. The van der Waals surface area contributed by atoms with Crippen LogP contribution >= 0.6 is 11.6 Å². The summed E-state index contributed by atoms with van der Waals surface area (Å²) in [6, 6.07) is 9.95.